The molecule has 0 heterocycles. The molecule has 0 radical (unpaired) electrons. The minimum Gasteiger partial charge on any atom is -0.478 e. The predicted molar refractivity (Wildman–Crippen MR) is 171 cm³/mol. The maximum Gasteiger partial charge on any atom is 0.333 e. The van der Waals surface area contributed by atoms with Crippen LogP contribution in [0.25, 0.3) is 5.70 Å². The van der Waals surface area contributed by atoms with Crippen LogP contribution in [-0.4, -0.2) is 39.6 Å². The second-order valence-electron chi connectivity index (χ2n) is 11.9. The Kier molecular flexibility index (Phi) is 14.5. The summed E-state index contributed by atoms with van der Waals surface area (Å²) in [6.45, 7) is 9.35. The van der Waals surface area contributed by atoms with Gasteiger partial charge < -0.3 is 14.7 Å². The fraction of sp³-hybridized carbons (Fsp3) is 0.529. The number of carboxylic acids is 1. The largest absolute Gasteiger partial charge is 0.478 e. The van der Waals surface area contributed by atoms with Crippen LogP contribution in [0.1, 0.15) is 98.5 Å². The molecule has 0 bridgehead atoms. The summed E-state index contributed by atoms with van der Waals surface area (Å²) in [6.07, 6.45) is 11.3. The van der Waals surface area contributed by atoms with Gasteiger partial charge in [-0.25, -0.2) is 13.6 Å². The molecule has 1 N–H and O–H groups in total. The third-order valence-electron chi connectivity index (χ3n) is 7.12. The molecule has 0 spiro atoms. The fourth-order valence-electron chi connectivity index (χ4n) is 5.23. The van der Waals surface area contributed by atoms with Crippen molar-refractivity contribution in [1.29, 1.82) is 0 Å². The lowest BCUT2D eigenvalue weighted by Gasteiger charge is -2.37. The molecule has 0 saturated heterocycles. The number of hydrogen-bond acceptors (Lipinski definition) is 4. The highest BCUT2D eigenvalue weighted by Crippen LogP contribution is 2.41. The van der Waals surface area contributed by atoms with Crippen LogP contribution in [0, 0.1) is 11.7 Å². The van der Waals surface area contributed by atoms with Crippen molar-refractivity contribution in [3.05, 3.63) is 75.4 Å². The number of esters is 1. The number of benzene rings is 1. The van der Waals surface area contributed by atoms with Crippen molar-refractivity contribution in [2.45, 2.75) is 104 Å². The van der Waals surface area contributed by atoms with Gasteiger partial charge in [-0.05, 0) is 83.6 Å². The van der Waals surface area contributed by atoms with Crippen LogP contribution in [-0.2, 0) is 14.3 Å². The standard InChI is InChI=1S/C34H45Cl2F2NO4/c1-7-12-29(24-13-10-8-9-11-14-24)39(32(23(3)33(41)42)26-17-18-28(38)27(36)19-26)30(21-37)25(16-15-22(2)35)20-31(40)43-34(4,5)6/h12,15-19,22,24H,7-11,13-14,20-21H2,1-6H3,(H,41,42)/b16-15-,29-12-,30-25-,32-23+. The molecular formula is C34H45Cl2F2NO4. The van der Waals surface area contributed by atoms with Crippen molar-refractivity contribution < 1.29 is 28.2 Å². The zero-order chi connectivity index (χ0) is 32.3. The average molecular weight is 641 g/mol. The van der Waals surface area contributed by atoms with Crippen LogP contribution in [0.15, 0.2) is 59.0 Å². The lowest BCUT2D eigenvalue weighted by atomic mass is 9.91. The van der Waals surface area contributed by atoms with E-state index in [4.69, 9.17) is 27.9 Å². The topological polar surface area (TPSA) is 66.8 Å². The number of alkyl halides is 2. The molecule has 2 rings (SSSR count). The van der Waals surface area contributed by atoms with Crippen molar-refractivity contribution in [3.63, 3.8) is 0 Å². The summed E-state index contributed by atoms with van der Waals surface area (Å²) < 4.78 is 35.5. The number of ether oxygens (including phenoxy) is 1. The Morgan fingerprint density at radius 2 is 1.81 bits per heavy atom. The van der Waals surface area contributed by atoms with E-state index in [1.54, 1.807) is 44.7 Å². The maximum absolute atomic E-state index is 15.6. The monoisotopic (exact) mass is 639 g/mol. The molecule has 9 heteroatoms. The number of rotatable bonds is 12. The molecule has 0 aromatic heterocycles. The Hall–Kier alpha value is -2.64. The SMILES string of the molecule is CC/C=C(/C1CCCCCC1)N(/C(CF)=C(/C=C\C(C)Cl)CC(=O)OC(C)(C)C)/C(=C(\C)C(=O)O)c1ccc(F)c(Cl)c1. The van der Waals surface area contributed by atoms with Crippen molar-refractivity contribution in [2.24, 2.45) is 5.92 Å². The second kappa shape index (κ2) is 17.0. The van der Waals surface area contributed by atoms with Crippen molar-refractivity contribution in [3.8, 4) is 0 Å². The number of allylic oxidation sites excluding steroid dienone is 5. The fourth-order valence-corrected chi connectivity index (χ4v) is 5.48. The minimum absolute atomic E-state index is 0.00442. The van der Waals surface area contributed by atoms with Crippen LogP contribution in [0.5, 0.6) is 0 Å². The van der Waals surface area contributed by atoms with Gasteiger partial charge in [-0.1, -0.05) is 62.4 Å². The van der Waals surface area contributed by atoms with Gasteiger partial charge in [0.25, 0.3) is 0 Å². The molecule has 1 aromatic carbocycles. The molecule has 1 aromatic rings. The number of aliphatic carboxylic acids is 1. The Labute approximate surface area is 265 Å². The van der Waals surface area contributed by atoms with Gasteiger partial charge in [-0.15, -0.1) is 11.6 Å². The summed E-state index contributed by atoms with van der Waals surface area (Å²) in [6, 6.07) is 3.95. The number of halogens is 4. The van der Waals surface area contributed by atoms with E-state index in [2.05, 4.69) is 0 Å². The molecule has 5 nitrogen and oxygen atoms in total. The third-order valence-corrected chi connectivity index (χ3v) is 7.56. The Bertz CT molecular complexity index is 1250. The Morgan fingerprint density at radius 3 is 2.30 bits per heavy atom. The van der Waals surface area contributed by atoms with Gasteiger partial charge in [-0.2, -0.15) is 0 Å². The van der Waals surface area contributed by atoms with Crippen LogP contribution >= 0.6 is 23.2 Å². The molecular weight excluding hydrogens is 595 g/mol. The lowest BCUT2D eigenvalue weighted by Crippen LogP contribution is -2.30. The van der Waals surface area contributed by atoms with E-state index in [9.17, 15) is 19.1 Å². The Balaban J connectivity index is 3.06. The van der Waals surface area contributed by atoms with Gasteiger partial charge in [0.2, 0.25) is 0 Å². The highest BCUT2D eigenvalue weighted by atomic mass is 35.5. The molecule has 0 aliphatic heterocycles. The number of carbonyl (C=O) groups is 2. The first-order chi connectivity index (χ1) is 20.2. The number of nitrogens with zero attached hydrogens (tertiary/aromatic N) is 1. The van der Waals surface area contributed by atoms with E-state index in [0.717, 1.165) is 50.3 Å². The zero-order valence-electron chi connectivity index (χ0n) is 26.1. The van der Waals surface area contributed by atoms with Gasteiger partial charge in [0.15, 0.2) is 0 Å². The first-order valence-corrected chi connectivity index (χ1v) is 15.7. The Morgan fingerprint density at radius 1 is 1.19 bits per heavy atom. The van der Waals surface area contributed by atoms with Gasteiger partial charge in [-0.3, -0.25) is 4.79 Å². The van der Waals surface area contributed by atoms with E-state index in [1.807, 2.05) is 13.0 Å². The normalized spacial score (nSPS) is 17.2. The van der Waals surface area contributed by atoms with Crippen molar-refractivity contribution >= 4 is 40.8 Å². The molecule has 1 aliphatic carbocycles. The van der Waals surface area contributed by atoms with E-state index in [0.29, 0.717) is 17.6 Å². The minimum atomic E-state index is -1.23. The molecule has 0 amide bonds. The van der Waals surface area contributed by atoms with Crippen LogP contribution < -0.4 is 0 Å². The summed E-state index contributed by atoms with van der Waals surface area (Å²) in [7, 11) is 0. The molecule has 1 atom stereocenters. The lowest BCUT2D eigenvalue weighted by molar-refractivity contribution is -0.153. The zero-order valence-corrected chi connectivity index (χ0v) is 27.6. The van der Waals surface area contributed by atoms with Crippen molar-refractivity contribution in [1.82, 2.24) is 4.90 Å². The summed E-state index contributed by atoms with van der Waals surface area (Å²) in [4.78, 5) is 27.3. The number of carbonyl (C=O) groups excluding carboxylic acids is 1. The van der Waals surface area contributed by atoms with Crippen LogP contribution in [0.3, 0.4) is 0 Å². The third kappa shape index (κ3) is 11.1. The van der Waals surface area contributed by atoms with Crippen LogP contribution in [0.4, 0.5) is 8.78 Å². The smallest absolute Gasteiger partial charge is 0.333 e. The second-order valence-corrected chi connectivity index (χ2v) is 13.0. The van der Waals surface area contributed by atoms with Gasteiger partial charge in [0, 0.05) is 16.6 Å². The quantitative estimate of drug-likeness (QED) is 0.0810. The van der Waals surface area contributed by atoms with E-state index < -0.39 is 35.4 Å². The molecule has 1 fully saturated rings. The van der Waals surface area contributed by atoms with E-state index >= 15 is 4.39 Å². The predicted octanol–water partition coefficient (Wildman–Crippen LogP) is 10.00. The number of carboxylic acid groups (broad SMARTS) is 1. The van der Waals surface area contributed by atoms with Crippen molar-refractivity contribution in [2.75, 3.05) is 6.67 Å². The summed E-state index contributed by atoms with van der Waals surface area (Å²) in [5.74, 6) is -2.46. The summed E-state index contributed by atoms with van der Waals surface area (Å²) in [5, 5.41) is 9.65. The molecule has 1 saturated carbocycles. The molecule has 1 unspecified atom stereocenters. The molecule has 238 valence electrons. The van der Waals surface area contributed by atoms with E-state index in [-0.39, 0.29) is 34.3 Å². The van der Waals surface area contributed by atoms with Gasteiger partial charge in [0.1, 0.15) is 18.1 Å². The maximum atomic E-state index is 15.6. The number of hydrogen-bond donors (Lipinski definition) is 1. The average Bonchev–Trinajstić information content (AvgIpc) is 3.20. The highest BCUT2D eigenvalue weighted by Gasteiger charge is 2.32. The first kappa shape index (κ1) is 36.6. The van der Waals surface area contributed by atoms with Crippen LogP contribution in [0.2, 0.25) is 5.02 Å². The highest BCUT2D eigenvalue weighted by molar-refractivity contribution is 6.31. The molecule has 43 heavy (non-hydrogen) atoms. The van der Waals surface area contributed by atoms with Gasteiger partial charge in [0.05, 0.1) is 28.4 Å². The van der Waals surface area contributed by atoms with E-state index in [1.165, 1.54) is 19.1 Å². The summed E-state index contributed by atoms with van der Waals surface area (Å²) >= 11 is 12.4. The molecule has 1 aliphatic rings. The van der Waals surface area contributed by atoms with Gasteiger partial charge >= 0.3 is 11.9 Å². The summed E-state index contributed by atoms with van der Waals surface area (Å²) in [5.41, 5.74) is 0.713. The first-order valence-electron chi connectivity index (χ1n) is 14.9.